The van der Waals surface area contributed by atoms with E-state index in [2.05, 4.69) is 20.8 Å². The topological polar surface area (TPSA) is 67.4 Å². The van der Waals surface area contributed by atoms with Gasteiger partial charge in [0.05, 0.1) is 11.7 Å². The molecule has 0 saturated carbocycles. The highest BCUT2D eigenvalue weighted by Crippen LogP contribution is 2.40. The molecule has 3 aromatic rings. The summed E-state index contributed by atoms with van der Waals surface area (Å²) in [5.74, 6) is -0.436. The molecule has 198 valence electrons. The molecule has 0 bridgehead atoms. The number of urea groups is 1. The number of imidazole rings is 1. The molecule has 0 spiro atoms. The molecule has 4 rings (SSSR count). The molecule has 1 fully saturated rings. The Bertz CT molecular complexity index is 1200. The summed E-state index contributed by atoms with van der Waals surface area (Å²) in [7, 11) is 0. The van der Waals surface area contributed by atoms with Crippen LogP contribution < -0.4 is 5.73 Å². The highest BCUT2D eigenvalue weighted by atomic mass is 19.1. The Kier molecular flexibility index (Phi) is 8.27. The molecular weight excluding hydrogens is 472 g/mol. The third kappa shape index (κ3) is 6.18. The number of amides is 2. The van der Waals surface area contributed by atoms with Gasteiger partial charge in [-0.3, -0.25) is 0 Å². The second-order valence-electron chi connectivity index (χ2n) is 10.8. The third-order valence-electron chi connectivity index (χ3n) is 6.81. The van der Waals surface area contributed by atoms with Crippen molar-refractivity contribution in [1.82, 2.24) is 19.4 Å². The molecule has 0 radical (unpaired) electrons. The van der Waals surface area contributed by atoms with E-state index in [4.69, 9.17) is 10.7 Å². The van der Waals surface area contributed by atoms with Crippen LogP contribution in [0.25, 0.3) is 11.3 Å². The van der Waals surface area contributed by atoms with Crippen LogP contribution in [0.5, 0.6) is 0 Å². The van der Waals surface area contributed by atoms with E-state index in [1.54, 1.807) is 6.20 Å². The van der Waals surface area contributed by atoms with Crippen molar-refractivity contribution in [1.29, 1.82) is 0 Å². The summed E-state index contributed by atoms with van der Waals surface area (Å²) in [5, 5.41) is 0. The molecule has 6 nitrogen and oxygen atoms in total. The van der Waals surface area contributed by atoms with Crippen LogP contribution in [-0.2, 0) is 6.54 Å². The normalized spacial score (nSPS) is 14.7. The molecule has 1 atom stereocenters. The fourth-order valence-electron chi connectivity index (χ4n) is 5.06. The van der Waals surface area contributed by atoms with Crippen molar-refractivity contribution in [2.24, 2.45) is 11.1 Å². The van der Waals surface area contributed by atoms with E-state index in [1.807, 2.05) is 44.7 Å². The van der Waals surface area contributed by atoms with Crippen LogP contribution in [0.2, 0.25) is 0 Å². The maximum absolute atomic E-state index is 14.8. The summed E-state index contributed by atoms with van der Waals surface area (Å²) >= 11 is 0. The quantitative estimate of drug-likeness (QED) is 0.415. The van der Waals surface area contributed by atoms with Crippen LogP contribution in [0.3, 0.4) is 0 Å². The van der Waals surface area contributed by atoms with E-state index >= 15 is 0 Å². The molecule has 8 heteroatoms. The van der Waals surface area contributed by atoms with Crippen LogP contribution in [0, 0.1) is 17.0 Å². The highest BCUT2D eigenvalue weighted by molar-refractivity contribution is 5.75. The fourth-order valence-corrected chi connectivity index (χ4v) is 5.06. The number of carbonyl (C=O) groups is 1. The van der Waals surface area contributed by atoms with Gasteiger partial charge >= 0.3 is 6.03 Å². The van der Waals surface area contributed by atoms with Gasteiger partial charge in [0.2, 0.25) is 0 Å². The van der Waals surface area contributed by atoms with Crippen LogP contribution in [-0.4, -0.2) is 51.6 Å². The van der Waals surface area contributed by atoms with Crippen LogP contribution in [0.1, 0.15) is 57.5 Å². The SMILES string of the molecule is CC(C)(C)[C@H](c1nc(-c2cc(F)ccc2F)cn1Cc1ccccc1)N(CCCN)C(=O)N1CCCC1. The molecule has 37 heavy (non-hydrogen) atoms. The van der Waals surface area contributed by atoms with E-state index in [0.717, 1.165) is 43.6 Å². The summed E-state index contributed by atoms with van der Waals surface area (Å²) in [6, 6.07) is 12.8. The highest BCUT2D eigenvalue weighted by Gasteiger charge is 2.40. The first-order valence-electron chi connectivity index (χ1n) is 13.0. The predicted octanol–water partition coefficient (Wildman–Crippen LogP) is 5.83. The number of hydrogen-bond donors (Lipinski definition) is 1. The lowest BCUT2D eigenvalue weighted by atomic mass is 9.84. The average molecular weight is 510 g/mol. The van der Waals surface area contributed by atoms with Crippen molar-refractivity contribution in [2.75, 3.05) is 26.2 Å². The maximum atomic E-state index is 14.8. The van der Waals surface area contributed by atoms with Gasteiger partial charge in [0, 0.05) is 37.9 Å². The molecule has 1 aromatic heterocycles. The fraction of sp³-hybridized carbons (Fsp3) is 0.448. The Morgan fingerprint density at radius 2 is 1.81 bits per heavy atom. The number of halogens is 2. The lowest BCUT2D eigenvalue weighted by Gasteiger charge is -2.41. The van der Waals surface area contributed by atoms with E-state index in [1.165, 1.54) is 6.07 Å². The van der Waals surface area contributed by atoms with E-state index in [9.17, 15) is 13.6 Å². The van der Waals surface area contributed by atoms with Gasteiger partial charge in [-0.15, -0.1) is 0 Å². The Morgan fingerprint density at radius 3 is 2.46 bits per heavy atom. The van der Waals surface area contributed by atoms with Crippen LogP contribution in [0.4, 0.5) is 13.6 Å². The van der Waals surface area contributed by atoms with Gasteiger partial charge in [0.25, 0.3) is 0 Å². The zero-order chi connectivity index (χ0) is 26.6. The zero-order valence-corrected chi connectivity index (χ0v) is 22.0. The lowest BCUT2D eigenvalue weighted by Crippen LogP contribution is -2.48. The molecule has 2 N–H and O–H groups in total. The number of benzene rings is 2. The number of rotatable bonds is 8. The third-order valence-corrected chi connectivity index (χ3v) is 6.81. The molecular formula is C29H37F2N5O. The number of carbonyl (C=O) groups excluding carboxylic acids is 1. The van der Waals surface area contributed by atoms with Crippen molar-refractivity contribution in [3.63, 3.8) is 0 Å². The molecule has 1 saturated heterocycles. The lowest BCUT2D eigenvalue weighted by molar-refractivity contribution is 0.0878. The van der Waals surface area contributed by atoms with Crippen LogP contribution >= 0.6 is 0 Å². The largest absolute Gasteiger partial charge is 0.330 e. The van der Waals surface area contributed by atoms with E-state index < -0.39 is 23.1 Å². The van der Waals surface area contributed by atoms with Crippen molar-refractivity contribution >= 4 is 6.03 Å². The summed E-state index contributed by atoms with van der Waals surface area (Å²) in [6.45, 7) is 9.11. The first kappa shape index (κ1) is 26.8. The Labute approximate surface area is 218 Å². The smallest absolute Gasteiger partial charge is 0.320 e. The van der Waals surface area contributed by atoms with Crippen molar-refractivity contribution in [2.45, 2.75) is 52.6 Å². The van der Waals surface area contributed by atoms with Gasteiger partial charge in [-0.05, 0) is 55.0 Å². The first-order valence-corrected chi connectivity index (χ1v) is 13.0. The monoisotopic (exact) mass is 509 g/mol. The van der Waals surface area contributed by atoms with E-state index in [0.29, 0.717) is 37.6 Å². The van der Waals surface area contributed by atoms with Crippen LogP contribution in [0.15, 0.2) is 54.7 Å². The summed E-state index contributed by atoms with van der Waals surface area (Å²) in [4.78, 5) is 22.5. The second-order valence-corrected chi connectivity index (χ2v) is 10.8. The molecule has 2 heterocycles. The molecule has 2 aromatic carbocycles. The average Bonchev–Trinajstić information content (AvgIpc) is 3.53. The zero-order valence-electron chi connectivity index (χ0n) is 22.0. The molecule has 1 aliphatic rings. The van der Waals surface area contributed by atoms with Crippen molar-refractivity contribution in [3.05, 3.63) is 77.8 Å². The summed E-state index contributed by atoms with van der Waals surface area (Å²) in [6.07, 6.45) is 4.39. The number of nitrogens with two attached hydrogens (primary N) is 1. The van der Waals surface area contributed by atoms with Gasteiger partial charge in [-0.1, -0.05) is 51.1 Å². The van der Waals surface area contributed by atoms with Crippen molar-refractivity contribution in [3.8, 4) is 11.3 Å². The Balaban J connectivity index is 1.86. The second kappa shape index (κ2) is 11.4. The molecule has 2 amide bonds. The maximum Gasteiger partial charge on any atom is 0.320 e. The predicted molar refractivity (Wildman–Crippen MR) is 142 cm³/mol. The molecule has 0 unspecified atom stereocenters. The minimum absolute atomic E-state index is 0.0291. The van der Waals surface area contributed by atoms with Gasteiger partial charge in [-0.2, -0.15) is 0 Å². The molecule has 0 aliphatic carbocycles. The van der Waals surface area contributed by atoms with Gasteiger partial charge in [0.1, 0.15) is 17.5 Å². The number of hydrogen-bond acceptors (Lipinski definition) is 3. The first-order chi connectivity index (χ1) is 17.7. The number of nitrogens with zero attached hydrogens (tertiary/aromatic N) is 4. The Morgan fingerprint density at radius 1 is 1.11 bits per heavy atom. The number of likely N-dealkylation sites (tertiary alicyclic amines) is 1. The minimum atomic E-state index is -0.544. The molecule has 1 aliphatic heterocycles. The number of aromatic nitrogens is 2. The van der Waals surface area contributed by atoms with Gasteiger partial charge in [0.15, 0.2) is 0 Å². The Hall–Kier alpha value is -3.26. The summed E-state index contributed by atoms with van der Waals surface area (Å²) < 4.78 is 30.9. The van der Waals surface area contributed by atoms with Gasteiger partial charge < -0.3 is 20.1 Å². The minimum Gasteiger partial charge on any atom is -0.330 e. The summed E-state index contributed by atoms with van der Waals surface area (Å²) in [5.41, 5.74) is 6.95. The standard InChI is InChI=1S/C29H37F2N5O/c1-29(2,3)26(36(17-9-14-32)28(37)34-15-7-8-16-34)27-33-25(23-18-22(30)12-13-24(23)31)20-35(27)19-21-10-5-4-6-11-21/h4-6,10-13,18,20,26H,7-9,14-17,19,32H2,1-3H3/t26-/m0/s1. The van der Waals surface area contributed by atoms with E-state index in [-0.39, 0.29) is 11.6 Å². The van der Waals surface area contributed by atoms with Crippen molar-refractivity contribution < 1.29 is 13.6 Å². The van der Waals surface area contributed by atoms with Gasteiger partial charge in [-0.25, -0.2) is 18.6 Å².